The zero-order chi connectivity index (χ0) is 14.4. The monoisotopic (exact) mass is 287 g/mol. The molecule has 112 valence electrons. The third-order valence-corrected chi connectivity index (χ3v) is 4.92. The minimum Gasteiger partial charge on any atom is -0.391 e. The van der Waals surface area contributed by atoms with Crippen LogP contribution in [0.1, 0.15) is 42.6 Å². The largest absolute Gasteiger partial charge is 0.391 e. The van der Waals surface area contributed by atoms with Crippen LogP contribution in [0.3, 0.4) is 0 Å². The summed E-state index contributed by atoms with van der Waals surface area (Å²) in [4.78, 5) is 0. The second-order valence-electron chi connectivity index (χ2n) is 6.17. The first-order valence-corrected chi connectivity index (χ1v) is 7.68. The Hall–Kier alpha value is -1.66. The molecule has 2 aliphatic carbocycles. The summed E-state index contributed by atoms with van der Waals surface area (Å²) < 4.78 is 3.86. The standard InChI is InChI=1S/C15H21N5O/c1-19-13-5-2-4-11(10(13)9-17-19)18-12-8-14(21)15(12)20-7-3-6-16-20/h3,6-7,9,11-12,14-15,18,21H,2,4-5,8H2,1H3/t11?,12-,14+,15+/m0/s1. The van der Waals surface area contributed by atoms with Gasteiger partial charge in [0.15, 0.2) is 0 Å². The Morgan fingerprint density at radius 2 is 2.29 bits per heavy atom. The molecule has 2 heterocycles. The van der Waals surface area contributed by atoms with Crippen molar-refractivity contribution in [1.29, 1.82) is 0 Å². The van der Waals surface area contributed by atoms with Crippen LogP contribution in [-0.4, -0.2) is 36.8 Å². The minimum atomic E-state index is -0.306. The summed E-state index contributed by atoms with van der Waals surface area (Å²) in [6, 6.07) is 2.57. The highest BCUT2D eigenvalue weighted by molar-refractivity contribution is 5.25. The van der Waals surface area contributed by atoms with Gasteiger partial charge in [-0.2, -0.15) is 10.2 Å². The van der Waals surface area contributed by atoms with Gasteiger partial charge in [-0.05, 0) is 31.7 Å². The lowest BCUT2D eigenvalue weighted by atomic mass is 9.81. The average molecular weight is 287 g/mol. The lowest BCUT2D eigenvalue weighted by Gasteiger charge is -2.44. The summed E-state index contributed by atoms with van der Waals surface area (Å²) in [7, 11) is 2.01. The maximum Gasteiger partial charge on any atom is 0.0932 e. The van der Waals surface area contributed by atoms with Gasteiger partial charge in [0, 0.05) is 42.8 Å². The van der Waals surface area contributed by atoms with E-state index in [2.05, 4.69) is 15.5 Å². The number of hydrogen-bond acceptors (Lipinski definition) is 4. The van der Waals surface area contributed by atoms with Crippen LogP contribution >= 0.6 is 0 Å². The average Bonchev–Trinajstić information content (AvgIpc) is 3.09. The molecule has 6 nitrogen and oxygen atoms in total. The van der Waals surface area contributed by atoms with Crippen molar-refractivity contribution in [1.82, 2.24) is 24.9 Å². The van der Waals surface area contributed by atoms with Crippen LogP contribution in [0.25, 0.3) is 0 Å². The molecule has 4 atom stereocenters. The SMILES string of the molecule is Cn1ncc2c1CCCC2N[C@H]1C[C@@H](O)[C@@H]1n1cccn1. The summed E-state index contributed by atoms with van der Waals surface area (Å²) in [6.45, 7) is 0. The number of aryl methyl sites for hydroxylation is 1. The summed E-state index contributed by atoms with van der Waals surface area (Å²) in [6.07, 6.45) is 9.60. The van der Waals surface area contributed by atoms with E-state index in [-0.39, 0.29) is 18.2 Å². The first kappa shape index (κ1) is 13.0. The third-order valence-electron chi connectivity index (χ3n) is 4.92. The Morgan fingerprint density at radius 3 is 3.05 bits per heavy atom. The fourth-order valence-electron chi connectivity index (χ4n) is 3.73. The van der Waals surface area contributed by atoms with Crippen molar-refractivity contribution < 1.29 is 5.11 Å². The quantitative estimate of drug-likeness (QED) is 0.882. The van der Waals surface area contributed by atoms with Crippen molar-refractivity contribution in [3.63, 3.8) is 0 Å². The molecular formula is C15H21N5O. The first-order chi connectivity index (χ1) is 10.2. The molecule has 1 fully saturated rings. The van der Waals surface area contributed by atoms with E-state index in [0.29, 0.717) is 6.04 Å². The van der Waals surface area contributed by atoms with Crippen LogP contribution in [0.2, 0.25) is 0 Å². The van der Waals surface area contributed by atoms with E-state index in [9.17, 15) is 5.11 Å². The maximum atomic E-state index is 10.1. The number of rotatable bonds is 3. The van der Waals surface area contributed by atoms with Crippen LogP contribution in [-0.2, 0) is 13.5 Å². The van der Waals surface area contributed by atoms with Crippen molar-refractivity contribution in [2.45, 2.75) is 49.9 Å². The zero-order valence-corrected chi connectivity index (χ0v) is 12.2. The van der Waals surface area contributed by atoms with Gasteiger partial charge in [-0.3, -0.25) is 9.36 Å². The Kier molecular flexibility index (Phi) is 3.08. The van der Waals surface area contributed by atoms with E-state index in [0.717, 1.165) is 19.3 Å². The fraction of sp³-hybridized carbons (Fsp3) is 0.600. The molecule has 2 N–H and O–H groups in total. The smallest absolute Gasteiger partial charge is 0.0932 e. The molecule has 21 heavy (non-hydrogen) atoms. The predicted molar refractivity (Wildman–Crippen MR) is 77.7 cm³/mol. The maximum absolute atomic E-state index is 10.1. The van der Waals surface area contributed by atoms with Crippen molar-refractivity contribution in [2.75, 3.05) is 0 Å². The summed E-state index contributed by atoms with van der Waals surface area (Å²) in [5.41, 5.74) is 2.67. The number of nitrogens with zero attached hydrogens (tertiary/aromatic N) is 4. The molecule has 1 saturated carbocycles. The molecule has 0 aromatic carbocycles. The van der Waals surface area contributed by atoms with Gasteiger partial charge in [-0.1, -0.05) is 0 Å². The van der Waals surface area contributed by atoms with Gasteiger partial charge < -0.3 is 10.4 Å². The van der Waals surface area contributed by atoms with Crippen molar-refractivity contribution in [2.24, 2.45) is 7.05 Å². The lowest BCUT2D eigenvalue weighted by molar-refractivity contribution is -0.0125. The van der Waals surface area contributed by atoms with E-state index < -0.39 is 0 Å². The highest BCUT2D eigenvalue weighted by atomic mass is 16.3. The van der Waals surface area contributed by atoms with Crippen molar-refractivity contribution in [3.8, 4) is 0 Å². The van der Waals surface area contributed by atoms with Crippen molar-refractivity contribution in [3.05, 3.63) is 35.9 Å². The third kappa shape index (κ3) is 2.10. The van der Waals surface area contributed by atoms with Crippen LogP contribution in [0, 0.1) is 0 Å². The number of aromatic nitrogens is 4. The predicted octanol–water partition coefficient (Wildman–Crippen LogP) is 0.958. The number of aliphatic hydroxyl groups is 1. The van der Waals surface area contributed by atoms with Gasteiger partial charge in [0.2, 0.25) is 0 Å². The van der Waals surface area contributed by atoms with Crippen LogP contribution in [0.4, 0.5) is 0 Å². The molecule has 1 unspecified atom stereocenters. The normalized spacial score (nSPS) is 31.7. The second kappa shape index (κ2) is 4.96. The van der Waals surface area contributed by atoms with Gasteiger partial charge in [-0.15, -0.1) is 0 Å². The Labute approximate surface area is 123 Å². The summed E-state index contributed by atoms with van der Waals surface area (Å²) in [5.74, 6) is 0. The Bertz CT molecular complexity index is 620. The number of nitrogens with one attached hydrogen (secondary N) is 1. The molecule has 0 amide bonds. The number of hydrogen-bond donors (Lipinski definition) is 2. The van der Waals surface area contributed by atoms with E-state index in [4.69, 9.17) is 0 Å². The number of fused-ring (bicyclic) bond motifs is 1. The molecule has 0 bridgehead atoms. The van der Waals surface area contributed by atoms with E-state index in [1.54, 1.807) is 6.20 Å². The Balaban J connectivity index is 1.52. The lowest BCUT2D eigenvalue weighted by Crippen LogP contribution is -2.55. The molecule has 4 rings (SSSR count). The van der Waals surface area contributed by atoms with Crippen molar-refractivity contribution >= 4 is 0 Å². The van der Waals surface area contributed by atoms with Gasteiger partial charge in [0.1, 0.15) is 0 Å². The molecule has 2 aliphatic rings. The van der Waals surface area contributed by atoms with Gasteiger partial charge in [0.25, 0.3) is 0 Å². The van der Waals surface area contributed by atoms with Crippen LogP contribution < -0.4 is 5.32 Å². The highest BCUT2D eigenvalue weighted by Crippen LogP contribution is 2.37. The summed E-state index contributed by atoms with van der Waals surface area (Å²) >= 11 is 0. The molecule has 2 aromatic rings. The molecule has 0 aliphatic heterocycles. The molecule has 0 radical (unpaired) electrons. The minimum absolute atomic E-state index is 0.0436. The van der Waals surface area contributed by atoms with E-state index >= 15 is 0 Å². The first-order valence-electron chi connectivity index (χ1n) is 7.68. The van der Waals surface area contributed by atoms with Gasteiger partial charge >= 0.3 is 0 Å². The molecule has 0 spiro atoms. The highest BCUT2D eigenvalue weighted by Gasteiger charge is 2.43. The van der Waals surface area contributed by atoms with Gasteiger partial charge in [0.05, 0.1) is 18.3 Å². The number of aliphatic hydroxyl groups excluding tert-OH is 1. The Morgan fingerprint density at radius 1 is 1.38 bits per heavy atom. The molecular weight excluding hydrogens is 266 g/mol. The van der Waals surface area contributed by atoms with E-state index in [1.165, 1.54) is 17.7 Å². The topological polar surface area (TPSA) is 67.9 Å². The van der Waals surface area contributed by atoms with Crippen LogP contribution in [0.5, 0.6) is 0 Å². The fourth-order valence-corrected chi connectivity index (χ4v) is 3.73. The summed E-state index contributed by atoms with van der Waals surface area (Å²) in [5, 5.41) is 22.5. The molecule has 2 aromatic heterocycles. The molecule has 0 saturated heterocycles. The van der Waals surface area contributed by atoms with Gasteiger partial charge in [-0.25, -0.2) is 0 Å². The second-order valence-corrected chi connectivity index (χ2v) is 6.17. The zero-order valence-electron chi connectivity index (χ0n) is 12.2. The molecule has 6 heteroatoms. The van der Waals surface area contributed by atoms with Crippen LogP contribution in [0.15, 0.2) is 24.7 Å². The van der Waals surface area contributed by atoms with E-state index in [1.807, 2.05) is 34.9 Å².